The van der Waals surface area contributed by atoms with E-state index in [1.54, 1.807) is 26.4 Å². The topological polar surface area (TPSA) is 87.2 Å². The van der Waals surface area contributed by atoms with Crippen molar-refractivity contribution in [1.29, 1.82) is 0 Å². The van der Waals surface area contributed by atoms with Crippen LogP contribution in [0, 0.1) is 13.8 Å². The number of aryl methyl sites for hydroxylation is 3. The molecule has 0 bridgehead atoms. The molecule has 1 heterocycles. The number of ether oxygens (including phenoxy) is 1. The largest absolute Gasteiger partial charge is 0.487 e. The molecule has 0 aliphatic heterocycles. The van der Waals surface area contributed by atoms with Gasteiger partial charge in [-0.25, -0.2) is 18.5 Å². The third-order valence-corrected chi connectivity index (χ3v) is 4.16. The van der Waals surface area contributed by atoms with Crippen molar-refractivity contribution < 1.29 is 13.2 Å². The molecule has 0 spiro atoms. The van der Waals surface area contributed by atoms with Crippen LogP contribution in [0.4, 0.5) is 0 Å². The fraction of sp³-hybridized carbons (Fsp3) is 0.357. The summed E-state index contributed by atoms with van der Waals surface area (Å²) in [4.78, 5) is 4.18. The lowest BCUT2D eigenvalue weighted by molar-refractivity contribution is 0.291. The number of nitrogens with two attached hydrogens (primary N) is 1. The van der Waals surface area contributed by atoms with Gasteiger partial charge in [-0.05, 0) is 44.0 Å². The number of nitrogens with zero attached hydrogens (tertiary/aromatic N) is 2. The summed E-state index contributed by atoms with van der Waals surface area (Å²) in [7, 11) is -3.70. The van der Waals surface area contributed by atoms with E-state index in [9.17, 15) is 8.42 Å². The maximum absolute atomic E-state index is 11.4. The second-order valence-corrected chi connectivity index (χ2v) is 6.45. The van der Waals surface area contributed by atoms with Gasteiger partial charge in [-0.3, -0.25) is 0 Å². The lowest BCUT2D eigenvalue weighted by Crippen LogP contribution is -2.13. The maximum Gasteiger partial charge on any atom is 0.238 e. The first kappa shape index (κ1) is 15.5. The van der Waals surface area contributed by atoms with E-state index in [2.05, 4.69) is 4.98 Å². The highest BCUT2D eigenvalue weighted by Crippen LogP contribution is 2.27. The smallest absolute Gasteiger partial charge is 0.238 e. The first-order valence-corrected chi connectivity index (χ1v) is 8.13. The van der Waals surface area contributed by atoms with Crippen molar-refractivity contribution in [1.82, 2.24) is 9.55 Å². The molecule has 21 heavy (non-hydrogen) atoms. The molecule has 0 unspecified atom stereocenters. The fourth-order valence-corrected chi connectivity index (χ4v) is 2.88. The Balaban J connectivity index is 2.25. The number of aromatic nitrogens is 2. The van der Waals surface area contributed by atoms with E-state index >= 15 is 0 Å². The van der Waals surface area contributed by atoms with E-state index in [1.807, 2.05) is 11.5 Å². The number of imidazole rings is 1. The molecule has 7 heteroatoms. The molecule has 1 aromatic carbocycles. The predicted octanol–water partition coefficient (Wildman–Crippen LogP) is 1.75. The molecule has 0 fully saturated rings. The third-order valence-electron chi connectivity index (χ3n) is 3.27. The van der Waals surface area contributed by atoms with Gasteiger partial charge in [0.15, 0.2) is 0 Å². The van der Waals surface area contributed by atoms with Crippen molar-refractivity contribution in [3.05, 3.63) is 41.5 Å². The van der Waals surface area contributed by atoms with Crippen LogP contribution in [0.1, 0.15) is 23.7 Å². The van der Waals surface area contributed by atoms with Crippen LogP contribution in [0.3, 0.4) is 0 Å². The Morgan fingerprint density at radius 3 is 2.43 bits per heavy atom. The fourth-order valence-electron chi connectivity index (χ4n) is 2.20. The molecule has 0 atom stereocenters. The highest BCUT2D eigenvalue weighted by atomic mass is 32.2. The molecule has 0 saturated carbocycles. The highest BCUT2D eigenvalue weighted by molar-refractivity contribution is 7.89. The molecule has 1 aromatic heterocycles. The molecule has 0 aliphatic rings. The number of rotatable bonds is 5. The molecular formula is C14H19N3O3S. The number of sulfonamides is 1. The van der Waals surface area contributed by atoms with Gasteiger partial charge in [-0.1, -0.05) is 0 Å². The van der Waals surface area contributed by atoms with Crippen LogP contribution in [0.5, 0.6) is 5.75 Å². The monoisotopic (exact) mass is 309 g/mol. The molecule has 0 aliphatic carbocycles. The molecule has 0 saturated heterocycles. The lowest BCUT2D eigenvalue weighted by atomic mass is 10.1. The van der Waals surface area contributed by atoms with Gasteiger partial charge in [-0.15, -0.1) is 0 Å². The Hall–Kier alpha value is -1.86. The van der Waals surface area contributed by atoms with Crippen LogP contribution >= 0.6 is 0 Å². The molecule has 114 valence electrons. The van der Waals surface area contributed by atoms with Crippen molar-refractivity contribution in [3.8, 4) is 5.75 Å². The zero-order valence-electron chi connectivity index (χ0n) is 12.3. The second-order valence-electron chi connectivity index (χ2n) is 4.89. The van der Waals surface area contributed by atoms with Gasteiger partial charge in [0, 0.05) is 6.54 Å². The van der Waals surface area contributed by atoms with Gasteiger partial charge < -0.3 is 9.30 Å². The Bertz CT molecular complexity index is 728. The van der Waals surface area contributed by atoms with Crippen molar-refractivity contribution in [2.45, 2.75) is 38.8 Å². The molecule has 0 radical (unpaired) electrons. The Labute approximate surface area is 124 Å². The molecule has 0 amide bonds. The number of hydrogen-bond acceptors (Lipinski definition) is 4. The summed E-state index contributed by atoms with van der Waals surface area (Å²) < 4.78 is 30.6. The molecule has 2 N–H and O–H groups in total. The van der Waals surface area contributed by atoms with Crippen molar-refractivity contribution in [2.75, 3.05) is 0 Å². The summed E-state index contributed by atoms with van der Waals surface area (Å²) in [6, 6.07) is 3.05. The Morgan fingerprint density at radius 2 is 1.90 bits per heavy atom. The first-order valence-electron chi connectivity index (χ1n) is 6.58. The molecule has 2 aromatic rings. The first-order chi connectivity index (χ1) is 9.82. The normalized spacial score (nSPS) is 11.6. The lowest BCUT2D eigenvalue weighted by Gasteiger charge is -2.14. The zero-order valence-corrected chi connectivity index (χ0v) is 13.1. The zero-order chi connectivity index (χ0) is 15.6. The maximum atomic E-state index is 11.4. The van der Waals surface area contributed by atoms with Gasteiger partial charge in [0.2, 0.25) is 10.0 Å². The average Bonchev–Trinajstić information content (AvgIpc) is 2.84. The standard InChI is InChI=1S/C14H19N3O3S/c1-4-17-9-16-7-12(17)8-20-14-10(2)5-13(6-11(14)3)21(15,18)19/h5-7,9H,4,8H2,1-3H3,(H2,15,18,19). The van der Waals surface area contributed by atoms with Gasteiger partial charge >= 0.3 is 0 Å². The molecule has 6 nitrogen and oxygen atoms in total. The second kappa shape index (κ2) is 5.87. The number of hydrogen-bond donors (Lipinski definition) is 1. The average molecular weight is 309 g/mol. The minimum absolute atomic E-state index is 0.100. The summed E-state index contributed by atoms with van der Waals surface area (Å²) in [5.41, 5.74) is 2.44. The van der Waals surface area contributed by atoms with Crippen molar-refractivity contribution >= 4 is 10.0 Å². The van der Waals surface area contributed by atoms with Crippen LogP contribution in [0.2, 0.25) is 0 Å². The Morgan fingerprint density at radius 1 is 1.29 bits per heavy atom. The van der Waals surface area contributed by atoms with Crippen molar-refractivity contribution in [2.24, 2.45) is 5.14 Å². The van der Waals surface area contributed by atoms with Crippen LogP contribution in [-0.2, 0) is 23.2 Å². The minimum atomic E-state index is -3.70. The van der Waals surface area contributed by atoms with E-state index in [0.717, 1.165) is 23.4 Å². The van der Waals surface area contributed by atoms with E-state index in [0.29, 0.717) is 12.4 Å². The molecule has 2 rings (SSSR count). The van der Waals surface area contributed by atoms with Crippen LogP contribution in [0.15, 0.2) is 29.6 Å². The third kappa shape index (κ3) is 3.43. The van der Waals surface area contributed by atoms with Gasteiger partial charge in [-0.2, -0.15) is 0 Å². The summed E-state index contributed by atoms with van der Waals surface area (Å²) >= 11 is 0. The summed E-state index contributed by atoms with van der Waals surface area (Å²) in [5, 5.41) is 5.15. The van der Waals surface area contributed by atoms with Crippen molar-refractivity contribution in [3.63, 3.8) is 0 Å². The number of benzene rings is 1. The van der Waals surface area contributed by atoms with E-state index in [-0.39, 0.29) is 4.90 Å². The van der Waals surface area contributed by atoms with E-state index in [4.69, 9.17) is 9.88 Å². The summed E-state index contributed by atoms with van der Waals surface area (Å²) in [5.74, 6) is 0.672. The van der Waals surface area contributed by atoms with Crippen LogP contribution in [0.25, 0.3) is 0 Å². The minimum Gasteiger partial charge on any atom is -0.487 e. The number of primary sulfonamides is 1. The van der Waals surface area contributed by atoms with Gasteiger partial charge in [0.1, 0.15) is 12.4 Å². The van der Waals surface area contributed by atoms with E-state index < -0.39 is 10.0 Å². The molecular weight excluding hydrogens is 290 g/mol. The van der Waals surface area contributed by atoms with Gasteiger partial charge in [0.25, 0.3) is 0 Å². The van der Waals surface area contributed by atoms with Crippen LogP contribution < -0.4 is 9.88 Å². The Kier molecular flexibility index (Phi) is 4.34. The summed E-state index contributed by atoms with van der Waals surface area (Å²) in [6.07, 6.45) is 3.51. The SMILES string of the molecule is CCn1cncc1COc1c(C)cc(S(N)(=O)=O)cc1C. The summed E-state index contributed by atoms with van der Waals surface area (Å²) in [6.45, 7) is 6.83. The predicted molar refractivity (Wildman–Crippen MR) is 79.5 cm³/mol. The quantitative estimate of drug-likeness (QED) is 0.911. The van der Waals surface area contributed by atoms with Gasteiger partial charge in [0.05, 0.1) is 23.1 Å². The highest BCUT2D eigenvalue weighted by Gasteiger charge is 2.14. The van der Waals surface area contributed by atoms with E-state index in [1.165, 1.54) is 12.1 Å². The van der Waals surface area contributed by atoms with Crippen LogP contribution in [-0.4, -0.2) is 18.0 Å².